The second-order valence-corrected chi connectivity index (χ2v) is 11.0. The van der Waals surface area contributed by atoms with Gasteiger partial charge in [0.2, 0.25) is 0 Å². The van der Waals surface area contributed by atoms with Gasteiger partial charge in [-0.15, -0.1) is 0 Å². The summed E-state index contributed by atoms with van der Waals surface area (Å²) >= 11 is 6.01. The van der Waals surface area contributed by atoms with E-state index in [1.165, 1.54) is 11.8 Å². The van der Waals surface area contributed by atoms with E-state index in [2.05, 4.69) is 27.2 Å². The van der Waals surface area contributed by atoms with Crippen LogP contribution in [0.2, 0.25) is 5.02 Å². The molecule has 3 fully saturated rings. The van der Waals surface area contributed by atoms with Gasteiger partial charge in [0, 0.05) is 74.3 Å². The molecule has 4 atom stereocenters. The minimum atomic E-state index is -4.82. The van der Waals surface area contributed by atoms with E-state index in [1.54, 1.807) is 0 Å². The molecule has 0 amide bonds. The van der Waals surface area contributed by atoms with Gasteiger partial charge in [0.25, 0.3) is 5.69 Å². The van der Waals surface area contributed by atoms with Crippen LogP contribution in [0, 0.1) is 22.0 Å². The van der Waals surface area contributed by atoms with Gasteiger partial charge < -0.3 is 20.2 Å². The molecule has 3 heterocycles. The van der Waals surface area contributed by atoms with Crippen LogP contribution in [0.25, 0.3) is 0 Å². The van der Waals surface area contributed by atoms with Crippen LogP contribution in [0.4, 0.5) is 30.2 Å². The van der Waals surface area contributed by atoms with Gasteiger partial charge in [-0.05, 0) is 61.1 Å². The number of benzene rings is 2. The fraction of sp³-hybridized carbons (Fsp3) is 0.538. The average Bonchev–Trinajstić information content (AvgIpc) is 3.58. The van der Waals surface area contributed by atoms with Gasteiger partial charge in [-0.25, -0.2) is 0 Å². The third-order valence-electron chi connectivity index (χ3n) is 7.97. The maximum absolute atomic E-state index is 13.3. The van der Waals surface area contributed by atoms with E-state index < -0.39 is 28.6 Å². The van der Waals surface area contributed by atoms with E-state index in [0.717, 1.165) is 49.9 Å². The number of aliphatic hydroxyl groups is 1. The van der Waals surface area contributed by atoms with Crippen molar-refractivity contribution in [2.24, 2.45) is 11.8 Å². The molecule has 5 rings (SSSR count). The lowest BCUT2D eigenvalue weighted by Gasteiger charge is -2.27. The Morgan fingerprint density at radius 2 is 1.76 bits per heavy atom. The topological polar surface area (TPSA) is 85.1 Å². The molecule has 2 aromatic carbocycles. The zero-order valence-electron chi connectivity index (χ0n) is 20.8. The van der Waals surface area contributed by atoms with Gasteiger partial charge in [-0.2, -0.15) is 13.2 Å². The number of nitro groups is 1. The molecule has 38 heavy (non-hydrogen) atoms. The van der Waals surface area contributed by atoms with Crippen molar-refractivity contribution >= 4 is 28.7 Å². The Bertz CT molecular complexity index is 1140. The predicted octanol–water partition coefficient (Wildman–Crippen LogP) is 4.53. The predicted molar refractivity (Wildman–Crippen MR) is 139 cm³/mol. The Hall–Kier alpha value is -2.60. The number of fused-ring (bicyclic) bond motifs is 1. The van der Waals surface area contributed by atoms with E-state index in [-0.39, 0.29) is 11.7 Å². The fourth-order valence-electron chi connectivity index (χ4n) is 6.04. The van der Waals surface area contributed by atoms with Gasteiger partial charge in [0.15, 0.2) is 0 Å². The van der Waals surface area contributed by atoms with E-state index in [4.69, 9.17) is 11.6 Å². The average molecular weight is 554 g/mol. The summed E-state index contributed by atoms with van der Waals surface area (Å²) < 4.78 is 39.9. The molecule has 3 unspecified atom stereocenters. The van der Waals surface area contributed by atoms with E-state index in [9.17, 15) is 28.4 Å². The van der Waals surface area contributed by atoms with Crippen LogP contribution in [0.1, 0.15) is 18.4 Å². The summed E-state index contributed by atoms with van der Waals surface area (Å²) in [6, 6.07) is 10.8. The minimum Gasteiger partial charge on any atom is -0.381 e. The Morgan fingerprint density at radius 3 is 2.39 bits per heavy atom. The van der Waals surface area contributed by atoms with Crippen LogP contribution in [-0.4, -0.2) is 77.9 Å². The summed E-state index contributed by atoms with van der Waals surface area (Å²) in [6.07, 6.45) is -4.19. The summed E-state index contributed by atoms with van der Waals surface area (Å²) in [6.45, 7) is 5.95. The number of nitrogens with one attached hydrogen (secondary N) is 1. The van der Waals surface area contributed by atoms with Crippen molar-refractivity contribution in [3.8, 4) is 0 Å². The molecule has 0 bridgehead atoms. The highest BCUT2D eigenvalue weighted by Crippen LogP contribution is 2.38. The smallest absolute Gasteiger partial charge is 0.381 e. The Balaban J connectivity index is 1.07. The highest BCUT2D eigenvalue weighted by atomic mass is 35.5. The van der Waals surface area contributed by atoms with Crippen molar-refractivity contribution in [1.82, 2.24) is 9.80 Å². The molecule has 206 valence electrons. The molecule has 8 nitrogen and oxygen atoms in total. The molecule has 3 saturated heterocycles. The highest BCUT2D eigenvalue weighted by Gasteiger charge is 2.41. The van der Waals surface area contributed by atoms with Crippen molar-refractivity contribution in [3.63, 3.8) is 0 Å². The number of nitrogens with zero attached hydrogens (tertiary/aromatic N) is 4. The van der Waals surface area contributed by atoms with Crippen LogP contribution in [0.15, 0.2) is 42.5 Å². The van der Waals surface area contributed by atoms with Crippen molar-refractivity contribution < 1.29 is 23.2 Å². The lowest BCUT2D eigenvalue weighted by molar-refractivity contribution is -0.388. The van der Waals surface area contributed by atoms with Crippen molar-refractivity contribution in [3.05, 3.63) is 63.2 Å². The molecule has 2 aromatic rings. The summed E-state index contributed by atoms with van der Waals surface area (Å²) in [5, 5.41) is 25.6. The number of likely N-dealkylation sites (tertiary alicyclic amines) is 2. The number of nitro benzene ring substituents is 1. The number of hydrogen-bond donors (Lipinski definition) is 2. The largest absolute Gasteiger partial charge is 0.423 e. The maximum Gasteiger partial charge on any atom is 0.423 e. The molecule has 0 saturated carbocycles. The zero-order chi connectivity index (χ0) is 27.0. The molecule has 3 aliphatic rings. The lowest BCUT2D eigenvalue weighted by Crippen LogP contribution is -2.38. The number of rotatable bonds is 8. The Kier molecular flexibility index (Phi) is 7.72. The standard InChI is InChI=1S/C26H31ClF3N5O3/c27-19-1-4-22(5-2-19)34-14-17-12-32(13-18(17)15-34)9-8-25(36)33-10-7-21(16-33)31-20-3-6-24(35(37)38)23(11-20)26(28,29)30/h1-6,11,17-18,21,25,31,36H,7-10,12-16H2/t17?,18?,21-,25?/m0/s1. The first kappa shape index (κ1) is 27.0. The highest BCUT2D eigenvalue weighted by molar-refractivity contribution is 6.30. The molecular formula is C26H31ClF3N5O3. The number of hydrogen-bond acceptors (Lipinski definition) is 7. The van der Waals surface area contributed by atoms with Gasteiger partial charge in [-0.3, -0.25) is 15.0 Å². The summed E-state index contributed by atoms with van der Waals surface area (Å²) in [7, 11) is 0. The molecule has 0 radical (unpaired) electrons. The lowest BCUT2D eigenvalue weighted by atomic mass is 10.0. The van der Waals surface area contributed by atoms with Gasteiger partial charge in [0.1, 0.15) is 11.8 Å². The van der Waals surface area contributed by atoms with Gasteiger partial charge >= 0.3 is 6.18 Å². The normalized spacial score (nSPS) is 25.1. The third-order valence-corrected chi connectivity index (χ3v) is 8.22. The molecule has 0 aliphatic carbocycles. The van der Waals surface area contributed by atoms with Crippen LogP contribution in [0.5, 0.6) is 0 Å². The molecule has 0 spiro atoms. The number of halogens is 4. The third kappa shape index (κ3) is 6.01. The molecule has 2 N–H and O–H groups in total. The number of alkyl halides is 3. The van der Waals surface area contributed by atoms with Crippen molar-refractivity contribution in [2.45, 2.75) is 31.3 Å². The first-order valence-electron chi connectivity index (χ1n) is 12.8. The maximum atomic E-state index is 13.3. The van der Waals surface area contributed by atoms with E-state index in [0.29, 0.717) is 37.8 Å². The number of aliphatic hydroxyl groups excluding tert-OH is 1. The van der Waals surface area contributed by atoms with Crippen LogP contribution < -0.4 is 10.2 Å². The van der Waals surface area contributed by atoms with E-state index >= 15 is 0 Å². The molecule has 0 aromatic heterocycles. The van der Waals surface area contributed by atoms with Crippen LogP contribution in [0.3, 0.4) is 0 Å². The molecular weight excluding hydrogens is 523 g/mol. The van der Waals surface area contributed by atoms with Gasteiger partial charge in [-0.1, -0.05) is 11.6 Å². The molecule has 3 aliphatic heterocycles. The van der Waals surface area contributed by atoms with Crippen molar-refractivity contribution in [2.75, 3.05) is 56.0 Å². The number of anilines is 2. The quantitative estimate of drug-likeness (QED) is 0.367. The minimum absolute atomic E-state index is 0.155. The monoisotopic (exact) mass is 553 g/mol. The fourth-order valence-corrected chi connectivity index (χ4v) is 6.17. The van der Waals surface area contributed by atoms with Crippen LogP contribution >= 0.6 is 11.6 Å². The molecule has 12 heteroatoms. The Morgan fingerprint density at radius 1 is 1.08 bits per heavy atom. The van der Waals surface area contributed by atoms with Crippen LogP contribution in [-0.2, 0) is 6.18 Å². The summed E-state index contributed by atoms with van der Waals surface area (Å²) in [4.78, 5) is 16.7. The second kappa shape index (κ2) is 10.9. The first-order valence-corrected chi connectivity index (χ1v) is 13.2. The Labute approximate surface area is 224 Å². The summed E-state index contributed by atoms with van der Waals surface area (Å²) in [5.74, 6) is 1.21. The van der Waals surface area contributed by atoms with E-state index in [1.807, 2.05) is 17.0 Å². The van der Waals surface area contributed by atoms with Crippen molar-refractivity contribution in [1.29, 1.82) is 0 Å². The first-order chi connectivity index (χ1) is 18.1. The SMILES string of the molecule is O=[N+]([O-])c1ccc(N[C@H]2CCN(C(O)CCN3CC4CN(c5ccc(Cl)cc5)CC4C3)C2)cc1C(F)(F)F. The summed E-state index contributed by atoms with van der Waals surface area (Å²) in [5.41, 5.74) is -0.851. The zero-order valence-corrected chi connectivity index (χ0v) is 21.5. The second-order valence-electron chi connectivity index (χ2n) is 10.5. The van der Waals surface area contributed by atoms with Gasteiger partial charge in [0.05, 0.1) is 4.92 Å².